The molecular formula is C51H84F3N3O6. The van der Waals surface area contributed by atoms with Gasteiger partial charge in [0.2, 0.25) is 6.41 Å². The number of carbonyl (C=O) groups excluding carboxylic acids is 3. The summed E-state index contributed by atoms with van der Waals surface area (Å²) >= 11 is 0. The number of halogens is 3. The number of alkyl halides is 3. The summed E-state index contributed by atoms with van der Waals surface area (Å²) in [5, 5.41) is 18.5. The Morgan fingerprint density at radius 2 is 1.46 bits per heavy atom. The summed E-state index contributed by atoms with van der Waals surface area (Å²) < 4.78 is 48.7. The highest BCUT2D eigenvalue weighted by atomic mass is 19.4. The van der Waals surface area contributed by atoms with Crippen LogP contribution in [0.1, 0.15) is 180 Å². The lowest BCUT2D eigenvalue weighted by atomic mass is 9.86. The highest BCUT2D eigenvalue weighted by molar-refractivity contribution is 5.79. The van der Waals surface area contributed by atoms with Crippen molar-refractivity contribution in [3.05, 3.63) is 71.3 Å². The minimum Gasteiger partial charge on any atom is -0.461 e. The predicted molar refractivity (Wildman–Crippen MR) is 249 cm³/mol. The van der Waals surface area contributed by atoms with E-state index in [4.69, 9.17) is 9.47 Å². The molecule has 1 aliphatic rings. The van der Waals surface area contributed by atoms with E-state index < -0.39 is 23.9 Å². The van der Waals surface area contributed by atoms with Gasteiger partial charge in [-0.2, -0.15) is 13.2 Å². The first-order valence-corrected chi connectivity index (χ1v) is 24.0. The van der Waals surface area contributed by atoms with Gasteiger partial charge in [0.05, 0.1) is 17.6 Å². The van der Waals surface area contributed by atoms with Crippen LogP contribution in [0.25, 0.3) is 0 Å². The number of benzene rings is 2. The molecule has 1 unspecified atom stereocenters. The maximum Gasteiger partial charge on any atom is 0.416 e. The number of rotatable bonds is 30. The van der Waals surface area contributed by atoms with Crippen molar-refractivity contribution >= 4 is 18.3 Å². The van der Waals surface area contributed by atoms with E-state index in [9.17, 15) is 32.7 Å². The van der Waals surface area contributed by atoms with Crippen LogP contribution in [0.5, 0.6) is 0 Å². The maximum atomic E-state index is 12.9. The molecule has 63 heavy (non-hydrogen) atoms. The highest BCUT2D eigenvalue weighted by Crippen LogP contribution is 2.33. The molecule has 0 saturated carbocycles. The zero-order chi connectivity index (χ0) is 47.0. The molecule has 0 spiro atoms. The summed E-state index contributed by atoms with van der Waals surface area (Å²) in [5.74, 6) is -0.302. The maximum absolute atomic E-state index is 12.9. The van der Waals surface area contributed by atoms with E-state index in [-0.39, 0.29) is 48.1 Å². The van der Waals surface area contributed by atoms with Crippen LogP contribution >= 0.6 is 0 Å². The first kappa shape index (κ1) is 57.5. The Bertz CT molecular complexity index is 1480. The van der Waals surface area contributed by atoms with Crippen LogP contribution in [-0.4, -0.2) is 67.4 Å². The molecular weight excluding hydrogens is 808 g/mol. The van der Waals surface area contributed by atoms with Crippen molar-refractivity contribution in [3.63, 3.8) is 0 Å². The lowest BCUT2D eigenvalue weighted by Crippen LogP contribution is -2.48. The first-order chi connectivity index (χ1) is 30.1. The normalized spacial score (nSPS) is 17.1. The highest BCUT2D eigenvalue weighted by Gasteiger charge is 2.43. The number of aliphatic hydroxyl groups excluding tert-OH is 1. The van der Waals surface area contributed by atoms with Crippen molar-refractivity contribution in [1.82, 2.24) is 16.0 Å². The lowest BCUT2D eigenvalue weighted by Gasteiger charge is -2.37. The molecule has 3 rings (SSSR count). The van der Waals surface area contributed by atoms with Crippen molar-refractivity contribution < 1.29 is 42.1 Å². The van der Waals surface area contributed by atoms with Gasteiger partial charge in [0, 0.05) is 18.5 Å². The van der Waals surface area contributed by atoms with Gasteiger partial charge in [0.15, 0.2) is 0 Å². The Kier molecular flexibility index (Phi) is 31.0. The number of likely N-dealkylation sites (N-methyl/N-ethyl adjacent to an activating group) is 2. The molecule has 1 fully saturated rings. The van der Waals surface area contributed by atoms with Crippen LogP contribution in [0.15, 0.2) is 54.6 Å². The van der Waals surface area contributed by atoms with Crippen molar-refractivity contribution in [2.45, 2.75) is 207 Å². The number of unbranched alkanes of at least 4 members (excludes halogenated alkanes) is 11. The second-order valence-corrected chi connectivity index (χ2v) is 17.6. The number of aliphatic hydroxyl groups is 1. The molecule has 9 nitrogen and oxygen atoms in total. The Balaban J connectivity index is 0.000000575. The van der Waals surface area contributed by atoms with Crippen LogP contribution in [0, 0.1) is 11.8 Å². The molecule has 7 atom stereocenters. The molecule has 1 saturated heterocycles. The molecule has 0 radical (unpaired) electrons. The van der Waals surface area contributed by atoms with Crippen LogP contribution < -0.4 is 16.0 Å². The van der Waals surface area contributed by atoms with Gasteiger partial charge in [-0.25, -0.2) is 4.79 Å². The smallest absolute Gasteiger partial charge is 0.416 e. The Labute approximate surface area is 378 Å². The predicted octanol–water partition coefficient (Wildman–Crippen LogP) is 11.5. The second-order valence-electron chi connectivity index (χ2n) is 17.6. The molecule has 1 amide bonds. The van der Waals surface area contributed by atoms with E-state index in [1.165, 1.54) is 69.9 Å². The van der Waals surface area contributed by atoms with Gasteiger partial charge in [-0.05, 0) is 82.7 Å². The van der Waals surface area contributed by atoms with Crippen molar-refractivity contribution in [2.24, 2.45) is 11.8 Å². The van der Waals surface area contributed by atoms with Gasteiger partial charge in [0.1, 0.15) is 18.2 Å². The van der Waals surface area contributed by atoms with Crippen LogP contribution in [0.3, 0.4) is 0 Å². The fraction of sp³-hybridized carbons (Fsp3) is 0.706. The molecule has 0 bridgehead atoms. The molecule has 2 aromatic carbocycles. The Hall–Kier alpha value is -3.48. The number of ether oxygens (including phenoxy) is 2. The zero-order valence-electron chi connectivity index (χ0n) is 39.9. The van der Waals surface area contributed by atoms with Crippen molar-refractivity contribution in [1.29, 1.82) is 0 Å². The van der Waals surface area contributed by atoms with E-state index in [0.29, 0.717) is 31.2 Å². The van der Waals surface area contributed by atoms with Crippen LogP contribution in [-0.2, 0) is 36.5 Å². The molecule has 1 heterocycles. The van der Waals surface area contributed by atoms with Gasteiger partial charge in [-0.3, -0.25) is 9.59 Å². The average molecular weight is 892 g/mol. The van der Waals surface area contributed by atoms with Gasteiger partial charge in [-0.15, -0.1) is 0 Å². The van der Waals surface area contributed by atoms with Gasteiger partial charge < -0.3 is 30.5 Å². The summed E-state index contributed by atoms with van der Waals surface area (Å²) in [7, 11) is 1.84. The monoisotopic (exact) mass is 892 g/mol. The van der Waals surface area contributed by atoms with Gasteiger partial charge in [-0.1, -0.05) is 160 Å². The molecule has 1 aliphatic heterocycles. The van der Waals surface area contributed by atoms with Crippen LogP contribution in [0.2, 0.25) is 0 Å². The van der Waals surface area contributed by atoms with Crippen molar-refractivity contribution in [2.75, 3.05) is 13.6 Å². The number of hydrogen-bond donors (Lipinski definition) is 4. The molecule has 2 aromatic rings. The standard InChI is InChI=1S/C29H53NO5.C12H16F3N.C10H15NO/c1-5-7-9-11-12-13-14-15-16-18-24(34-29(33)26(30-22-31)20-23(3)4)21-27-25(28(32)35-27)19-17-10-8-6-2;1-3-16-9(2)7-10-5-4-6-11(8-10)12(13,14)15;1-8(11-2)10(12)9-6-4-3-5-7-9/h22-27H,5-21H2,1-4H3,(H,30,31);4-6,8-9,16H,3,7H2,1-2H3;3-8,10-12H,1-2H3/t24-,25-,26-,27-;;8-,10-/m0.0/s1. The third-order valence-corrected chi connectivity index (χ3v) is 11.5. The summed E-state index contributed by atoms with van der Waals surface area (Å²) in [6, 6.07) is 14.8. The summed E-state index contributed by atoms with van der Waals surface area (Å²) in [6.45, 7) is 15.2. The number of hydrogen-bond acceptors (Lipinski definition) is 8. The minimum atomic E-state index is -4.25. The van der Waals surface area contributed by atoms with Gasteiger partial charge >= 0.3 is 18.1 Å². The summed E-state index contributed by atoms with van der Waals surface area (Å²) in [6.07, 6.45) is 14.4. The summed E-state index contributed by atoms with van der Waals surface area (Å²) in [5.41, 5.74) is 1.09. The fourth-order valence-corrected chi connectivity index (χ4v) is 7.65. The third kappa shape index (κ3) is 25.6. The van der Waals surface area contributed by atoms with E-state index in [0.717, 1.165) is 56.7 Å². The number of cyclic esters (lactones) is 1. The van der Waals surface area contributed by atoms with Crippen molar-refractivity contribution in [3.8, 4) is 0 Å². The lowest BCUT2D eigenvalue weighted by molar-refractivity contribution is -0.190. The van der Waals surface area contributed by atoms with E-state index in [2.05, 4.69) is 29.8 Å². The zero-order valence-corrected chi connectivity index (χ0v) is 39.9. The quantitative estimate of drug-likeness (QED) is 0.0347. The van der Waals surface area contributed by atoms with Gasteiger partial charge in [0.25, 0.3) is 0 Å². The average Bonchev–Trinajstić information content (AvgIpc) is 3.25. The Morgan fingerprint density at radius 1 is 0.857 bits per heavy atom. The van der Waals surface area contributed by atoms with Crippen LogP contribution in [0.4, 0.5) is 13.2 Å². The van der Waals surface area contributed by atoms with E-state index in [1.54, 1.807) is 6.07 Å². The number of carbonyl (C=O) groups is 3. The first-order valence-electron chi connectivity index (χ1n) is 24.0. The minimum absolute atomic E-state index is 0.0734. The summed E-state index contributed by atoms with van der Waals surface area (Å²) in [4.78, 5) is 36.0. The number of amides is 1. The van der Waals surface area contributed by atoms with E-state index >= 15 is 0 Å². The fourth-order valence-electron chi connectivity index (χ4n) is 7.65. The SMILES string of the molecule is CCCCCCCCCCC[C@@H](C[C@@H]1OC(=O)[C@H]1CCCCCC)OC(=O)[C@H](CC(C)C)NC=O.CCNC(C)Cc1cccc(C(F)(F)F)c1.CN[C@@H](C)[C@H](O)c1ccccc1. The molecule has 4 N–H and O–H groups in total. The molecule has 360 valence electrons. The topological polar surface area (TPSA) is 126 Å². The third-order valence-electron chi connectivity index (χ3n) is 11.5. The molecule has 0 aliphatic carbocycles. The molecule has 12 heteroatoms. The Morgan fingerprint density at radius 3 is 2.00 bits per heavy atom. The number of nitrogens with one attached hydrogen (secondary N) is 3. The molecule has 0 aromatic heterocycles. The second kappa shape index (κ2) is 33.9. The number of esters is 2. The largest absolute Gasteiger partial charge is 0.461 e. The van der Waals surface area contributed by atoms with E-state index in [1.807, 2.05) is 72.0 Å².